The average molecular weight is 614 g/mol. The number of hydrogen-bond donors (Lipinski definition) is 1. The molecule has 0 unspecified atom stereocenters. The lowest BCUT2D eigenvalue weighted by molar-refractivity contribution is -0.121. The van der Waals surface area contributed by atoms with Gasteiger partial charge in [0.1, 0.15) is 0 Å². The summed E-state index contributed by atoms with van der Waals surface area (Å²) < 4.78 is 30.9. The van der Waals surface area contributed by atoms with E-state index < -0.39 is 22.5 Å². The molecule has 0 aliphatic heterocycles. The first-order valence-electron chi connectivity index (χ1n) is 11.7. The van der Waals surface area contributed by atoms with Crippen LogP contribution in [0.5, 0.6) is 0 Å². The third-order valence-corrected chi connectivity index (χ3v) is 8.45. The summed E-state index contributed by atoms with van der Waals surface area (Å²) in [5.74, 6) is -0.560. The van der Waals surface area contributed by atoms with Gasteiger partial charge in [0.2, 0.25) is 10.0 Å². The fraction of sp³-hybridized carbons (Fsp3) is 0.143. The highest BCUT2D eigenvalue weighted by molar-refractivity contribution is 9.10. The quantitative estimate of drug-likeness (QED) is 0.190. The van der Waals surface area contributed by atoms with E-state index in [9.17, 15) is 13.2 Å². The van der Waals surface area contributed by atoms with Crippen LogP contribution in [0.2, 0.25) is 5.02 Å². The van der Waals surface area contributed by atoms with E-state index in [1.54, 1.807) is 6.21 Å². The van der Waals surface area contributed by atoms with Crippen LogP contribution in [0.1, 0.15) is 22.5 Å². The SMILES string of the molecule is Cc1cc(/C=N/NC(=O)CN(Cc2ccccc2)S(=O)(=O)c2ccc(Cl)cc2)c(C)n1-c1cccc(Br)c1. The summed E-state index contributed by atoms with van der Waals surface area (Å²) in [4.78, 5) is 12.9. The van der Waals surface area contributed by atoms with E-state index >= 15 is 0 Å². The van der Waals surface area contributed by atoms with Gasteiger partial charge in [-0.1, -0.05) is 63.9 Å². The Morgan fingerprint density at radius 1 is 1.03 bits per heavy atom. The first-order chi connectivity index (χ1) is 18.1. The number of nitrogens with zero attached hydrogens (tertiary/aromatic N) is 3. The van der Waals surface area contributed by atoms with E-state index in [4.69, 9.17) is 11.6 Å². The Hall–Kier alpha value is -3.24. The van der Waals surface area contributed by atoms with Gasteiger partial charge in [0.25, 0.3) is 5.91 Å². The Morgan fingerprint density at radius 2 is 1.74 bits per heavy atom. The van der Waals surface area contributed by atoms with Crippen molar-refractivity contribution < 1.29 is 13.2 Å². The minimum Gasteiger partial charge on any atom is -0.318 e. The average Bonchev–Trinajstić information content (AvgIpc) is 3.17. The molecule has 4 aromatic rings. The van der Waals surface area contributed by atoms with Gasteiger partial charge < -0.3 is 4.57 Å². The van der Waals surface area contributed by atoms with Gasteiger partial charge >= 0.3 is 0 Å². The number of aryl methyl sites for hydroxylation is 1. The maximum atomic E-state index is 13.4. The Bertz CT molecular complexity index is 1570. The number of halogens is 2. The van der Waals surface area contributed by atoms with Crippen LogP contribution in [-0.4, -0.2) is 36.0 Å². The molecule has 0 radical (unpaired) electrons. The molecule has 0 saturated carbocycles. The van der Waals surface area contributed by atoms with Gasteiger partial charge in [-0.25, -0.2) is 13.8 Å². The maximum Gasteiger partial charge on any atom is 0.255 e. The number of hydrogen-bond acceptors (Lipinski definition) is 4. The molecule has 0 fully saturated rings. The van der Waals surface area contributed by atoms with Crippen molar-refractivity contribution in [2.75, 3.05) is 6.54 Å². The first kappa shape index (κ1) is 27.8. The lowest BCUT2D eigenvalue weighted by Gasteiger charge is -2.21. The first-order valence-corrected chi connectivity index (χ1v) is 14.3. The molecular weight excluding hydrogens is 588 g/mol. The highest BCUT2D eigenvalue weighted by Gasteiger charge is 2.27. The van der Waals surface area contributed by atoms with Gasteiger partial charge in [-0.05, 0) is 67.9 Å². The van der Waals surface area contributed by atoms with Crippen LogP contribution in [0.3, 0.4) is 0 Å². The number of hydrazone groups is 1. The molecule has 0 spiro atoms. The zero-order valence-corrected chi connectivity index (χ0v) is 24.0. The zero-order chi connectivity index (χ0) is 27.3. The smallest absolute Gasteiger partial charge is 0.255 e. The number of benzene rings is 3. The van der Waals surface area contributed by atoms with Crippen molar-refractivity contribution in [3.05, 3.63) is 117 Å². The molecule has 1 amide bonds. The Labute approximate surface area is 235 Å². The minimum absolute atomic E-state index is 0.0245. The molecule has 1 N–H and O–H groups in total. The van der Waals surface area contributed by atoms with E-state index in [2.05, 4.69) is 31.0 Å². The second kappa shape index (κ2) is 12.1. The number of carbonyl (C=O) groups is 1. The highest BCUT2D eigenvalue weighted by atomic mass is 79.9. The molecule has 0 saturated heterocycles. The van der Waals surface area contributed by atoms with Crippen LogP contribution < -0.4 is 5.43 Å². The monoisotopic (exact) mass is 612 g/mol. The van der Waals surface area contributed by atoms with Crippen LogP contribution in [0.25, 0.3) is 5.69 Å². The van der Waals surface area contributed by atoms with E-state index in [1.165, 1.54) is 24.3 Å². The molecular formula is C28H26BrClN4O3S. The van der Waals surface area contributed by atoms with Gasteiger partial charge in [0.15, 0.2) is 0 Å². The van der Waals surface area contributed by atoms with Crippen molar-refractivity contribution in [1.29, 1.82) is 0 Å². The number of rotatable bonds is 9. The number of carbonyl (C=O) groups excluding carboxylic acids is 1. The largest absolute Gasteiger partial charge is 0.318 e. The van der Waals surface area contributed by atoms with Crippen LogP contribution in [0.4, 0.5) is 0 Å². The van der Waals surface area contributed by atoms with Crippen molar-refractivity contribution in [3.8, 4) is 5.69 Å². The molecule has 10 heteroatoms. The molecule has 4 rings (SSSR count). The summed E-state index contributed by atoms with van der Waals surface area (Å²) in [6, 6.07) is 24.9. The number of amides is 1. The molecule has 196 valence electrons. The topological polar surface area (TPSA) is 83.8 Å². The van der Waals surface area contributed by atoms with Crippen LogP contribution in [0.15, 0.2) is 99.4 Å². The molecule has 0 aliphatic carbocycles. The summed E-state index contributed by atoms with van der Waals surface area (Å²) in [5, 5.41) is 4.53. The number of sulfonamides is 1. The van der Waals surface area contributed by atoms with Crippen molar-refractivity contribution in [2.45, 2.75) is 25.3 Å². The summed E-state index contributed by atoms with van der Waals surface area (Å²) >= 11 is 9.44. The van der Waals surface area contributed by atoms with Gasteiger partial charge in [-0.2, -0.15) is 9.41 Å². The Morgan fingerprint density at radius 3 is 2.42 bits per heavy atom. The second-order valence-electron chi connectivity index (χ2n) is 8.65. The van der Waals surface area contributed by atoms with Crippen molar-refractivity contribution in [1.82, 2.24) is 14.3 Å². The maximum absolute atomic E-state index is 13.4. The van der Waals surface area contributed by atoms with E-state index in [0.29, 0.717) is 5.02 Å². The fourth-order valence-corrected chi connectivity index (χ4v) is 5.97. The lowest BCUT2D eigenvalue weighted by Crippen LogP contribution is -2.39. The van der Waals surface area contributed by atoms with Crippen molar-refractivity contribution in [2.24, 2.45) is 5.10 Å². The summed E-state index contributed by atoms with van der Waals surface area (Å²) in [7, 11) is -3.98. The molecule has 3 aromatic carbocycles. The fourth-order valence-electron chi connectivity index (χ4n) is 4.07. The van der Waals surface area contributed by atoms with Gasteiger partial charge in [-0.15, -0.1) is 0 Å². The molecule has 1 heterocycles. The van der Waals surface area contributed by atoms with Crippen molar-refractivity contribution in [3.63, 3.8) is 0 Å². The molecule has 0 aliphatic rings. The van der Waals surface area contributed by atoms with Gasteiger partial charge in [0, 0.05) is 38.7 Å². The summed E-state index contributed by atoms with van der Waals surface area (Å²) in [5.41, 5.74) is 7.02. The van der Waals surface area contributed by atoms with Crippen molar-refractivity contribution >= 4 is 49.7 Å². The third kappa shape index (κ3) is 6.60. The normalized spacial score (nSPS) is 11.8. The van der Waals surface area contributed by atoms with Crippen LogP contribution in [-0.2, 0) is 21.4 Å². The van der Waals surface area contributed by atoms with Crippen LogP contribution >= 0.6 is 27.5 Å². The third-order valence-electron chi connectivity index (χ3n) is 5.90. The zero-order valence-electron chi connectivity index (χ0n) is 20.8. The number of nitrogens with one attached hydrogen (secondary N) is 1. The lowest BCUT2D eigenvalue weighted by atomic mass is 10.2. The molecule has 38 heavy (non-hydrogen) atoms. The second-order valence-corrected chi connectivity index (χ2v) is 11.9. The van der Waals surface area contributed by atoms with E-state index in [-0.39, 0.29) is 11.4 Å². The minimum atomic E-state index is -3.98. The van der Waals surface area contributed by atoms with Crippen LogP contribution in [0, 0.1) is 13.8 Å². The summed E-state index contributed by atoms with van der Waals surface area (Å²) in [6.45, 7) is 3.58. The molecule has 0 atom stereocenters. The van der Waals surface area contributed by atoms with E-state index in [0.717, 1.165) is 37.0 Å². The van der Waals surface area contributed by atoms with E-state index in [1.807, 2.05) is 74.5 Å². The molecule has 1 aromatic heterocycles. The Kier molecular flexibility index (Phi) is 8.83. The molecule has 7 nitrogen and oxygen atoms in total. The highest BCUT2D eigenvalue weighted by Crippen LogP contribution is 2.23. The predicted molar refractivity (Wildman–Crippen MR) is 154 cm³/mol. The van der Waals surface area contributed by atoms with Gasteiger partial charge in [0.05, 0.1) is 17.7 Å². The Balaban J connectivity index is 1.51. The van der Waals surface area contributed by atoms with Gasteiger partial charge in [-0.3, -0.25) is 4.79 Å². The standard InChI is InChI=1S/C28H26BrClN4O3S/c1-20-15-23(21(2)34(20)26-10-6-9-24(29)16-26)17-31-32-28(35)19-33(18-22-7-4-3-5-8-22)38(36,37)27-13-11-25(30)12-14-27/h3-17H,18-19H2,1-2H3,(H,32,35)/b31-17+. The summed E-state index contributed by atoms with van der Waals surface area (Å²) in [6.07, 6.45) is 1.56. The number of aromatic nitrogens is 1. The predicted octanol–water partition coefficient (Wildman–Crippen LogP) is 5.85. The molecule has 0 bridgehead atoms.